The molecular formula is C21H30FNO3. The van der Waals surface area contributed by atoms with E-state index in [1.54, 1.807) is 6.07 Å². The van der Waals surface area contributed by atoms with Gasteiger partial charge in [-0.2, -0.15) is 0 Å². The lowest BCUT2D eigenvalue weighted by atomic mass is 9.83. The van der Waals surface area contributed by atoms with Crippen molar-refractivity contribution in [1.82, 2.24) is 5.32 Å². The summed E-state index contributed by atoms with van der Waals surface area (Å²) in [6.45, 7) is 5.88. The van der Waals surface area contributed by atoms with Gasteiger partial charge in [-0.25, -0.2) is 4.39 Å². The third-order valence-corrected chi connectivity index (χ3v) is 5.84. The minimum Gasteiger partial charge on any atom is -0.491 e. The minimum absolute atomic E-state index is 0.0849. The molecular weight excluding hydrogens is 333 g/mol. The fourth-order valence-corrected chi connectivity index (χ4v) is 4.36. The zero-order valence-electron chi connectivity index (χ0n) is 15.9. The summed E-state index contributed by atoms with van der Waals surface area (Å²) in [6.07, 6.45) is 5.58. The second-order valence-corrected chi connectivity index (χ2v) is 7.98. The van der Waals surface area contributed by atoms with Crippen LogP contribution in [0.1, 0.15) is 57.4 Å². The summed E-state index contributed by atoms with van der Waals surface area (Å²) < 4.78 is 24.6. The van der Waals surface area contributed by atoms with E-state index < -0.39 is 0 Å². The first kappa shape index (κ1) is 19.2. The third kappa shape index (κ3) is 4.37. The molecule has 1 N–H and O–H groups in total. The predicted molar refractivity (Wildman–Crippen MR) is 98.8 cm³/mol. The molecule has 4 nitrogen and oxygen atoms in total. The molecule has 3 rings (SSSR count). The molecule has 1 aromatic rings. The van der Waals surface area contributed by atoms with Crippen molar-refractivity contribution in [3.05, 3.63) is 29.6 Å². The first-order valence-corrected chi connectivity index (χ1v) is 9.78. The number of rotatable bonds is 9. The zero-order chi connectivity index (χ0) is 18.6. The number of hydrogen-bond acceptors (Lipinski definition) is 3. The van der Waals surface area contributed by atoms with Gasteiger partial charge in [0, 0.05) is 18.0 Å². The zero-order valence-corrected chi connectivity index (χ0v) is 15.9. The van der Waals surface area contributed by atoms with Crippen LogP contribution in [-0.4, -0.2) is 32.3 Å². The Labute approximate surface area is 155 Å². The number of nitrogens with one attached hydrogen (secondary N) is 1. The minimum atomic E-state index is -0.298. The van der Waals surface area contributed by atoms with E-state index in [0.717, 1.165) is 30.7 Å². The molecule has 0 aromatic heterocycles. The summed E-state index contributed by atoms with van der Waals surface area (Å²) in [7, 11) is 0. The maximum Gasteiger partial charge on any atom is 0.226 e. The fraction of sp³-hybridized carbons (Fsp3) is 0.667. The van der Waals surface area contributed by atoms with E-state index in [2.05, 4.69) is 19.2 Å². The second-order valence-electron chi connectivity index (χ2n) is 7.98. The van der Waals surface area contributed by atoms with E-state index in [1.807, 2.05) is 0 Å². The van der Waals surface area contributed by atoms with Crippen LogP contribution in [0.25, 0.3) is 0 Å². The largest absolute Gasteiger partial charge is 0.491 e. The van der Waals surface area contributed by atoms with Crippen LogP contribution in [0.3, 0.4) is 0 Å². The Hall–Kier alpha value is -1.62. The number of amides is 1. The van der Waals surface area contributed by atoms with Crippen molar-refractivity contribution in [2.24, 2.45) is 11.3 Å². The van der Waals surface area contributed by atoms with Crippen LogP contribution >= 0.6 is 0 Å². The number of benzene rings is 1. The van der Waals surface area contributed by atoms with Crippen LogP contribution in [-0.2, 0) is 9.53 Å². The molecule has 1 aromatic carbocycles. The van der Waals surface area contributed by atoms with E-state index in [-0.39, 0.29) is 23.1 Å². The SMILES string of the molecule is CC(C)c1ccc(F)cc1OCCOCCNC(=O)C12CCC(CC1)C2. The third-order valence-electron chi connectivity index (χ3n) is 5.84. The monoisotopic (exact) mass is 363 g/mol. The molecule has 0 atom stereocenters. The Kier molecular flexibility index (Phi) is 6.17. The van der Waals surface area contributed by atoms with Gasteiger partial charge in [0.2, 0.25) is 5.91 Å². The van der Waals surface area contributed by atoms with Gasteiger partial charge in [0.05, 0.1) is 13.2 Å². The lowest BCUT2D eigenvalue weighted by Crippen LogP contribution is -2.39. The molecule has 2 saturated carbocycles. The van der Waals surface area contributed by atoms with Gasteiger partial charge < -0.3 is 14.8 Å². The maximum absolute atomic E-state index is 13.4. The van der Waals surface area contributed by atoms with Crippen LogP contribution in [0.4, 0.5) is 4.39 Å². The molecule has 5 heteroatoms. The van der Waals surface area contributed by atoms with Crippen LogP contribution in [0, 0.1) is 17.2 Å². The number of fused-ring (bicyclic) bond motifs is 2. The van der Waals surface area contributed by atoms with E-state index in [1.165, 1.54) is 25.0 Å². The molecule has 144 valence electrons. The summed E-state index contributed by atoms with van der Waals surface area (Å²) in [5.41, 5.74) is 0.905. The highest BCUT2D eigenvalue weighted by Gasteiger charge is 2.49. The molecule has 0 saturated heterocycles. The Balaban J connectivity index is 1.32. The van der Waals surface area contributed by atoms with Gasteiger partial charge >= 0.3 is 0 Å². The highest BCUT2D eigenvalue weighted by Crippen LogP contribution is 2.54. The topological polar surface area (TPSA) is 47.6 Å². The Bertz CT molecular complexity index is 624. The summed E-state index contributed by atoms with van der Waals surface area (Å²) in [5.74, 6) is 1.53. The fourth-order valence-electron chi connectivity index (χ4n) is 4.36. The Morgan fingerprint density at radius 2 is 2.04 bits per heavy atom. The number of carbonyl (C=O) groups excluding carboxylic acids is 1. The van der Waals surface area contributed by atoms with Gasteiger partial charge in [0.15, 0.2) is 0 Å². The molecule has 0 heterocycles. The molecule has 1 amide bonds. The van der Waals surface area contributed by atoms with Crippen molar-refractivity contribution in [2.45, 2.75) is 51.9 Å². The summed E-state index contributed by atoms with van der Waals surface area (Å²) in [4.78, 5) is 12.4. The second kappa shape index (κ2) is 8.38. The molecule has 26 heavy (non-hydrogen) atoms. The quantitative estimate of drug-likeness (QED) is 0.674. The van der Waals surface area contributed by atoms with Crippen LogP contribution < -0.4 is 10.1 Å². The first-order valence-electron chi connectivity index (χ1n) is 9.78. The van der Waals surface area contributed by atoms with Crippen molar-refractivity contribution in [3.8, 4) is 5.75 Å². The van der Waals surface area contributed by atoms with Crippen molar-refractivity contribution in [1.29, 1.82) is 0 Å². The van der Waals surface area contributed by atoms with E-state index >= 15 is 0 Å². The molecule has 2 fully saturated rings. The van der Waals surface area contributed by atoms with E-state index in [9.17, 15) is 9.18 Å². The van der Waals surface area contributed by atoms with Crippen molar-refractivity contribution >= 4 is 5.91 Å². The normalized spacial score (nSPS) is 24.2. The highest BCUT2D eigenvalue weighted by atomic mass is 19.1. The number of hydrogen-bond donors (Lipinski definition) is 1. The van der Waals surface area contributed by atoms with E-state index in [4.69, 9.17) is 9.47 Å². The molecule has 2 aliphatic carbocycles. The molecule has 0 spiro atoms. The van der Waals surface area contributed by atoms with Gasteiger partial charge in [-0.1, -0.05) is 19.9 Å². The van der Waals surface area contributed by atoms with Gasteiger partial charge in [-0.3, -0.25) is 4.79 Å². The lowest BCUT2D eigenvalue weighted by molar-refractivity contribution is -0.130. The van der Waals surface area contributed by atoms with Crippen LogP contribution in [0.15, 0.2) is 18.2 Å². The van der Waals surface area contributed by atoms with E-state index in [0.29, 0.717) is 32.1 Å². The van der Waals surface area contributed by atoms with Gasteiger partial charge in [-0.15, -0.1) is 0 Å². The average Bonchev–Trinajstić information content (AvgIpc) is 3.23. The molecule has 0 aliphatic heterocycles. The average molecular weight is 363 g/mol. The Morgan fingerprint density at radius 1 is 1.27 bits per heavy atom. The van der Waals surface area contributed by atoms with Gasteiger partial charge in [0.1, 0.15) is 18.2 Å². The van der Waals surface area contributed by atoms with Crippen molar-refractivity contribution in [2.75, 3.05) is 26.4 Å². The Morgan fingerprint density at radius 3 is 2.69 bits per heavy atom. The molecule has 0 unspecified atom stereocenters. The highest BCUT2D eigenvalue weighted by molar-refractivity contribution is 5.83. The van der Waals surface area contributed by atoms with Crippen molar-refractivity contribution in [3.63, 3.8) is 0 Å². The standard InChI is InChI=1S/C21H30FNO3/c1-15(2)18-4-3-17(22)13-19(18)26-12-11-25-10-9-23-20(24)21-7-5-16(14-21)6-8-21/h3-4,13,15-16H,5-12,14H2,1-2H3,(H,23,24). The number of ether oxygens (including phenoxy) is 2. The smallest absolute Gasteiger partial charge is 0.226 e. The van der Waals surface area contributed by atoms with Crippen LogP contribution in [0.5, 0.6) is 5.75 Å². The maximum atomic E-state index is 13.4. The predicted octanol–water partition coefficient (Wildman–Crippen LogP) is 4.04. The summed E-state index contributed by atoms with van der Waals surface area (Å²) >= 11 is 0. The first-order chi connectivity index (χ1) is 12.5. The van der Waals surface area contributed by atoms with Crippen molar-refractivity contribution < 1.29 is 18.7 Å². The van der Waals surface area contributed by atoms with Crippen LogP contribution in [0.2, 0.25) is 0 Å². The van der Waals surface area contributed by atoms with Gasteiger partial charge in [-0.05, 0) is 55.6 Å². The number of carbonyl (C=O) groups is 1. The summed E-state index contributed by atoms with van der Waals surface area (Å²) in [6, 6.07) is 4.64. The summed E-state index contributed by atoms with van der Waals surface area (Å²) in [5, 5.41) is 3.03. The molecule has 2 aliphatic rings. The molecule has 0 radical (unpaired) electrons. The number of halogens is 1. The molecule has 2 bridgehead atoms. The van der Waals surface area contributed by atoms with Gasteiger partial charge in [0.25, 0.3) is 0 Å². The lowest BCUT2D eigenvalue weighted by Gasteiger charge is -2.25.